The second kappa shape index (κ2) is 13.4. The predicted molar refractivity (Wildman–Crippen MR) is 127 cm³/mol. The summed E-state index contributed by atoms with van der Waals surface area (Å²) in [5, 5.41) is 0. The minimum atomic E-state index is -0.937. The van der Waals surface area contributed by atoms with E-state index < -0.39 is 11.6 Å². The van der Waals surface area contributed by atoms with Gasteiger partial charge in [-0.1, -0.05) is 58.8 Å². The predicted octanol–water partition coefficient (Wildman–Crippen LogP) is 8.72. The molecule has 4 heteroatoms. The van der Waals surface area contributed by atoms with Crippen LogP contribution in [0.25, 0.3) is 0 Å². The van der Waals surface area contributed by atoms with E-state index in [-0.39, 0.29) is 11.5 Å². The lowest BCUT2D eigenvalue weighted by molar-refractivity contribution is 0.120. The van der Waals surface area contributed by atoms with Gasteiger partial charge in [-0.25, -0.2) is 0 Å². The lowest BCUT2D eigenvalue weighted by Gasteiger charge is -2.38. The molecule has 1 aromatic rings. The van der Waals surface area contributed by atoms with E-state index in [0.29, 0.717) is 19.1 Å². The van der Waals surface area contributed by atoms with Crippen molar-refractivity contribution in [3.8, 4) is 11.5 Å². The summed E-state index contributed by atoms with van der Waals surface area (Å²) in [6, 6.07) is 2.99. The average molecular weight is 451 g/mol. The van der Waals surface area contributed by atoms with Crippen LogP contribution in [0.3, 0.4) is 0 Å². The SMILES string of the molecule is CCCCC[C@H]1CC[C@H]([C@H]2CC[C@H](COc3ccc(OCCCC)c(F)c3F)CC2)CC1. The van der Waals surface area contributed by atoms with E-state index in [1.54, 1.807) is 0 Å². The van der Waals surface area contributed by atoms with Crippen LogP contribution in [0.4, 0.5) is 8.78 Å². The Morgan fingerprint density at radius 2 is 1.22 bits per heavy atom. The van der Waals surface area contributed by atoms with Gasteiger partial charge in [-0.15, -0.1) is 0 Å². The summed E-state index contributed by atoms with van der Waals surface area (Å²) >= 11 is 0. The Morgan fingerprint density at radius 1 is 0.688 bits per heavy atom. The number of halogens is 2. The number of rotatable bonds is 12. The molecule has 2 aliphatic carbocycles. The van der Waals surface area contributed by atoms with Crippen LogP contribution in [0.2, 0.25) is 0 Å². The van der Waals surface area contributed by atoms with Crippen LogP contribution in [0.5, 0.6) is 11.5 Å². The highest BCUT2D eigenvalue weighted by Gasteiger charge is 2.31. The molecule has 0 heterocycles. The Hall–Kier alpha value is -1.32. The number of hydrogen-bond donors (Lipinski definition) is 0. The molecule has 0 saturated heterocycles. The lowest BCUT2D eigenvalue weighted by atomic mass is 9.69. The number of ether oxygens (including phenoxy) is 2. The summed E-state index contributed by atoms with van der Waals surface area (Å²) in [5.41, 5.74) is 0. The van der Waals surface area contributed by atoms with E-state index in [1.165, 1.54) is 76.3 Å². The largest absolute Gasteiger partial charge is 0.490 e. The Balaban J connectivity index is 1.37. The quantitative estimate of drug-likeness (QED) is 0.296. The molecule has 2 nitrogen and oxygen atoms in total. The Labute approximate surface area is 194 Å². The van der Waals surface area contributed by atoms with Crippen molar-refractivity contribution in [3.05, 3.63) is 23.8 Å². The normalized spacial score (nSPS) is 26.1. The molecule has 0 bridgehead atoms. The highest BCUT2D eigenvalue weighted by atomic mass is 19.2. The fraction of sp³-hybridized carbons (Fsp3) is 0.786. The van der Waals surface area contributed by atoms with Crippen molar-refractivity contribution in [2.45, 2.75) is 104 Å². The van der Waals surface area contributed by atoms with E-state index in [4.69, 9.17) is 9.47 Å². The lowest BCUT2D eigenvalue weighted by Crippen LogP contribution is -2.27. The van der Waals surface area contributed by atoms with Crippen LogP contribution in [0, 0.1) is 35.3 Å². The minimum absolute atomic E-state index is 0.00820. The first-order valence-electron chi connectivity index (χ1n) is 13.4. The number of hydrogen-bond acceptors (Lipinski definition) is 2. The van der Waals surface area contributed by atoms with Crippen LogP contribution in [-0.4, -0.2) is 13.2 Å². The standard InChI is InChI=1S/C28H44F2O2/c1-3-5-7-8-21-9-13-23(14-10-21)24-15-11-22(12-16-24)20-32-26-18-17-25(27(29)28(26)30)31-19-6-4-2/h17-18,21-24H,3-16,19-20H2,1-2H3/t21-,22-,23-,24-. The highest BCUT2D eigenvalue weighted by molar-refractivity contribution is 5.35. The first-order valence-corrected chi connectivity index (χ1v) is 13.4. The molecule has 0 aromatic heterocycles. The topological polar surface area (TPSA) is 18.5 Å². The molecule has 0 atom stereocenters. The zero-order valence-corrected chi connectivity index (χ0v) is 20.4. The van der Waals surface area contributed by atoms with Gasteiger partial charge in [0.15, 0.2) is 11.5 Å². The van der Waals surface area contributed by atoms with E-state index in [1.807, 2.05) is 6.92 Å². The van der Waals surface area contributed by atoms with Crippen LogP contribution >= 0.6 is 0 Å². The first-order chi connectivity index (χ1) is 15.6. The maximum Gasteiger partial charge on any atom is 0.204 e. The van der Waals surface area contributed by atoms with Gasteiger partial charge in [-0.2, -0.15) is 8.78 Å². The molecule has 0 unspecified atom stereocenters. The zero-order valence-electron chi connectivity index (χ0n) is 20.4. The smallest absolute Gasteiger partial charge is 0.204 e. The molecular formula is C28H44F2O2. The number of unbranched alkanes of at least 4 members (excludes halogenated alkanes) is 3. The van der Waals surface area contributed by atoms with E-state index in [2.05, 4.69) is 6.92 Å². The summed E-state index contributed by atoms with van der Waals surface area (Å²) in [6.07, 6.45) is 17.8. The zero-order chi connectivity index (χ0) is 22.8. The molecule has 0 N–H and O–H groups in total. The highest BCUT2D eigenvalue weighted by Crippen LogP contribution is 2.42. The second-order valence-corrected chi connectivity index (χ2v) is 10.3. The van der Waals surface area contributed by atoms with Crippen molar-refractivity contribution in [3.63, 3.8) is 0 Å². The van der Waals surface area contributed by atoms with Gasteiger partial charge in [0.1, 0.15) is 0 Å². The number of benzene rings is 1. The van der Waals surface area contributed by atoms with Crippen molar-refractivity contribution in [1.29, 1.82) is 0 Å². The average Bonchev–Trinajstić information content (AvgIpc) is 2.82. The Morgan fingerprint density at radius 3 is 1.78 bits per heavy atom. The van der Waals surface area contributed by atoms with Crippen molar-refractivity contribution < 1.29 is 18.3 Å². The molecule has 0 spiro atoms. The molecule has 182 valence electrons. The van der Waals surface area contributed by atoms with Crippen molar-refractivity contribution >= 4 is 0 Å². The second-order valence-electron chi connectivity index (χ2n) is 10.3. The molecule has 3 rings (SSSR count). The molecule has 1 aromatic carbocycles. The van der Waals surface area contributed by atoms with Crippen LogP contribution < -0.4 is 9.47 Å². The molecule has 2 saturated carbocycles. The van der Waals surface area contributed by atoms with Crippen molar-refractivity contribution in [1.82, 2.24) is 0 Å². The summed E-state index contributed by atoms with van der Waals surface area (Å²) in [5.74, 6) is 1.30. The Kier molecular flexibility index (Phi) is 10.6. The third kappa shape index (κ3) is 7.35. The molecule has 0 amide bonds. The van der Waals surface area contributed by atoms with Gasteiger partial charge >= 0.3 is 0 Å². The van der Waals surface area contributed by atoms with Crippen molar-refractivity contribution in [2.24, 2.45) is 23.7 Å². The van der Waals surface area contributed by atoms with Gasteiger partial charge in [0.05, 0.1) is 13.2 Å². The van der Waals surface area contributed by atoms with Gasteiger partial charge in [-0.05, 0) is 80.8 Å². The van der Waals surface area contributed by atoms with Gasteiger partial charge in [0, 0.05) is 0 Å². The first kappa shape index (κ1) is 25.3. The summed E-state index contributed by atoms with van der Waals surface area (Å²) in [7, 11) is 0. The maximum absolute atomic E-state index is 14.4. The van der Waals surface area contributed by atoms with Crippen molar-refractivity contribution in [2.75, 3.05) is 13.2 Å². The van der Waals surface area contributed by atoms with Gasteiger partial charge in [-0.3, -0.25) is 0 Å². The van der Waals surface area contributed by atoms with Gasteiger partial charge in [0.25, 0.3) is 0 Å². The van der Waals surface area contributed by atoms with Gasteiger partial charge in [0.2, 0.25) is 11.6 Å². The summed E-state index contributed by atoms with van der Waals surface area (Å²) < 4.78 is 39.7. The Bertz CT molecular complexity index is 662. The fourth-order valence-electron chi connectivity index (χ4n) is 5.73. The van der Waals surface area contributed by atoms with Crippen LogP contribution in [0.15, 0.2) is 12.1 Å². The molecule has 2 fully saturated rings. The molecular weight excluding hydrogens is 406 g/mol. The molecule has 32 heavy (non-hydrogen) atoms. The maximum atomic E-state index is 14.4. The molecule has 2 aliphatic rings. The van der Waals surface area contributed by atoms with Gasteiger partial charge < -0.3 is 9.47 Å². The molecule has 0 aliphatic heterocycles. The third-order valence-corrected chi connectivity index (χ3v) is 7.91. The van der Waals surface area contributed by atoms with E-state index in [9.17, 15) is 8.78 Å². The van der Waals surface area contributed by atoms with Crippen LogP contribution in [0.1, 0.15) is 104 Å². The summed E-state index contributed by atoms with van der Waals surface area (Å²) in [6.45, 7) is 5.19. The molecule has 0 radical (unpaired) electrons. The minimum Gasteiger partial charge on any atom is -0.490 e. The van der Waals surface area contributed by atoms with Crippen LogP contribution in [-0.2, 0) is 0 Å². The van der Waals surface area contributed by atoms with E-state index in [0.717, 1.165) is 43.4 Å². The summed E-state index contributed by atoms with van der Waals surface area (Å²) in [4.78, 5) is 0. The monoisotopic (exact) mass is 450 g/mol. The fourth-order valence-corrected chi connectivity index (χ4v) is 5.73. The third-order valence-electron chi connectivity index (χ3n) is 7.91. The van der Waals surface area contributed by atoms with E-state index >= 15 is 0 Å².